The van der Waals surface area contributed by atoms with Gasteiger partial charge in [-0.1, -0.05) is 49.6 Å². The Morgan fingerprint density at radius 1 is 1.13 bits per heavy atom. The molecular weight excluding hydrogens is 284 g/mol. The van der Waals surface area contributed by atoms with Crippen LogP contribution in [0.15, 0.2) is 24.3 Å². The fourth-order valence-corrected chi connectivity index (χ4v) is 4.09. The molecule has 2 fully saturated rings. The van der Waals surface area contributed by atoms with Gasteiger partial charge in [0.05, 0.1) is 0 Å². The van der Waals surface area contributed by atoms with E-state index in [1.807, 2.05) is 0 Å². The van der Waals surface area contributed by atoms with Crippen molar-refractivity contribution in [3.8, 4) is 0 Å². The molecule has 3 rings (SSSR count). The predicted octanol–water partition coefficient (Wildman–Crippen LogP) is 3.83. The maximum absolute atomic E-state index is 13.0. The minimum Gasteiger partial charge on any atom is -0.352 e. The van der Waals surface area contributed by atoms with Crippen LogP contribution < -0.4 is 5.32 Å². The van der Waals surface area contributed by atoms with Crippen molar-refractivity contribution < 1.29 is 4.79 Å². The number of hydrogen-bond donors (Lipinski definition) is 1. The van der Waals surface area contributed by atoms with Crippen molar-refractivity contribution in [1.82, 2.24) is 10.2 Å². The Kier molecular flexibility index (Phi) is 5.37. The van der Waals surface area contributed by atoms with Gasteiger partial charge in [0.1, 0.15) is 6.04 Å². The molecule has 1 heterocycles. The largest absolute Gasteiger partial charge is 0.352 e. The van der Waals surface area contributed by atoms with Crippen molar-refractivity contribution in [1.29, 1.82) is 0 Å². The van der Waals surface area contributed by atoms with Crippen LogP contribution in [-0.2, 0) is 4.79 Å². The lowest BCUT2D eigenvalue weighted by Crippen LogP contribution is -2.46. The zero-order valence-electron chi connectivity index (χ0n) is 14.6. The van der Waals surface area contributed by atoms with E-state index in [9.17, 15) is 4.79 Å². The van der Waals surface area contributed by atoms with Gasteiger partial charge in [-0.3, -0.25) is 9.69 Å². The summed E-state index contributed by atoms with van der Waals surface area (Å²) in [5, 5.41) is 3.32. The van der Waals surface area contributed by atoms with Crippen molar-refractivity contribution in [3.63, 3.8) is 0 Å². The summed E-state index contributed by atoms with van der Waals surface area (Å²) >= 11 is 0. The highest BCUT2D eigenvalue weighted by atomic mass is 16.2. The number of piperidine rings is 1. The fraction of sp³-hybridized carbons (Fsp3) is 0.650. The average Bonchev–Trinajstić information content (AvgIpc) is 3.02. The van der Waals surface area contributed by atoms with Crippen LogP contribution in [0.5, 0.6) is 0 Å². The summed E-state index contributed by atoms with van der Waals surface area (Å²) in [6.45, 7) is 6.45. The van der Waals surface area contributed by atoms with Crippen LogP contribution in [0, 0.1) is 12.8 Å². The summed E-state index contributed by atoms with van der Waals surface area (Å²) in [4.78, 5) is 15.4. The molecule has 1 aliphatic heterocycles. The SMILES string of the molecule is Cc1ccc([C@@H](C(=O)NC2CCCC2)N2CCC[C@@H](C)C2)cc1. The summed E-state index contributed by atoms with van der Waals surface area (Å²) in [6.07, 6.45) is 7.26. The van der Waals surface area contributed by atoms with Gasteiger partial charge >= 0.3 is 0 Å². The molecule has 1 saturated heterocycles. The molecule has 0 unspecified atom stereocenters. The number of likely N-dealkylation sites (tertiary alicyclic amines) is 1. The van der Waals surface area contributed by atoms with Gasteiger partial charge in [-0.05, 0) is 50.6 Å². The number of rotatable bonds is 4. The molecule has 23 heavy (non-hydrogen) atoms. The quantitative estimate of drug-likeness (QED) is 0.916. The molecule has 3 heteroatoms. The summed E-state index contributed by atoms with van der Waals surface area (Å²) in [5.74, 6) is 0.880. The molecule has 3 nitrogen and oxygen atoms in total. The predicted molar refractivity (Wildman–Crippen MR) is 94.3 cm³/mol. The molecule has 1 aromatic carbocycles. The number of amides is 1. The lowest BCUT2D eigenvalue weighted by atomic mass is 9.95. The van der Waals surface area contributed by atoms with Gasteiger partial charge in [0.25, 0.3) is 0 Å². The molecule has 0 spiro atoms. The first-order valence-corrected chi connectivity index (χ1v) is 9.24. The Balaban J connectivity index is 1.79. The number of carbonyl (C=O) groups excluding carboxylic acids is 1. The highest BCUT2D eigenvalue weighted by molar-refractivity contribution is 5.83. The van der Waals surface area contributed by atoms with Gasteiger partial charge in [-0.25, -0.2) is 0 Å². The smallest absolute Gasteiger partial charge is 0.242 e. The first-order chi connectivity index (χ1) is 11.1. The molecular formula is C20H30N2O. The van der Waals surface area contributed by atoms with E-state index in [0.29, 0.717) is 12.0 Å². The molecule has 1 aliphatic carbocycles. The molecule has 1 saturated carbocycles. The van der Waals surface area contributed by atoms with E-state index in [1.54, 1.807) is 0 Å². The Morgan fingerprint density at radius 2 is 1.83 bits per heavy atom. The number of nitrogens with one attached hydrogen (secondary N) is 1. The fourth-order valence-electron chi connectivity index (χ4n) is 4.09. The van der Waals surface area contributed by atoms with Crippen molar-refractivity contribution in [3.05, 3.63) is 35.4 Å². The van der Waals surface area contributed by atoms with E-state index in [-0.39, 0.29) is 11.9 Å². The molecule has 2 aliphatic rings. The lowest BCUT2D eigenvalue weighted by molar-refractivity contribution is -0.128. The lowest BCUT2D eigenvalue weighted by Gasteiger charge is -2.37. The molecule has 1 aromatic rings. The third-order valence-electron chi connectivity index (χ3n) is 5.40. The van der Waals surface area contributed by atoms with Gasteiger partial charge in [0, 0.05) is 12.6 Å². The molecule has 126 valence electrons. The third kappa shape index (κ3) is 4.14. The second kappa shape index (κ2) is 7.48. The molecule has 0 aromatic heterocycles. The van der Waals surface area contributed by atoms with Crippen molar-refractivity contribution in [2.45, 2.75) is 64.5 Å². The summed E-state index contributed by atoms with van der Waals surface area (Å²) in [7, 11) is 0. The maximum Gasteiger partial charge on any atom is 0.242 e. The van der Waals surface area contributed by atoms with E-state index in [4.69, 9.17) is 0 Å². The van der Waals surface area contributed by atoms with Crippen LogP contribution >= 0.6 is 0 Å². The van der Waals surface area contributed by atoms with Crippen molar-refractivity contribution >= 4 is 5.91 Å². The van der Waals surface area contributed by atoms with E-state index < -0.39 is 0 Å². The molecule has 1 amide bonds. The Hall–Kier alpha value is -1.35. The van der Waals surface area contributed by atoms with Gasteiger partial charge in [0.15, 0.2) is 0 Å². The number of nitrogens with zero attached hydrogens (tertiary/aromatic N) is 1. The minimum atomic E-state index is -0.126. The first kappa shape index (κ1) is 16.5. The average molecular weight is 314 g/mol. The van der Waals surface area contributed by atoms with Gasteiger partial charge in [-0.15, -0.1) is 0 Å². The van der Waals surface area contributed by atoms with E-state index in [0.717, 1.165) is 31.5 Å². The van der Waals surface area contributed by atoms with Crippen LogP contribution in [0.2, 0.25) is 0 Å². The first-order valence-electron chi connectivity index (χ1n) is 9.24. The van der Waals surface area contributed by atoms with E-state index in [1.165, 1.54) is 31.2 Å². The standard InChI is InChI=1S/C20H30N2O/c1-15-9-11-17(12-10-15)19(22-13-5-6-16(2)14-22)20(23)21-18-7-3-4-8-18/h9-12,16,18-19H,3-8,13-14H2,1-2H3,(H,21,23)/t16-,19+/m1/s1. The zero-order chi connectivity index (χ0) is 16.2. The number of benzene rings is 1. The molecule has 2 atom stereocenters. The Labute approximate surface area is 140 Å². The van der Waals surface area contributed by atoms with Gasteiger partial charge in [0.2, 0.25) is 5.91 Å². The summed E-state index contributed by atoms with van der Waals surface area (Å²) in [6, 6.07) is 8.77. The monoisotopic (exact) mass is 314 g/mol. The molecule has 0 bridgehead atoms. The van der Waals surface area contributed by atoms with Crippen LogP contribution in [0.1, 0.15) is 62.6 Å². The highest BCUT2D eigenvalue weighted by Gasteiger charge is 2.32. The Morgan fingerprint density at radius 3 is 2.48 bits per heavy atom. The normalized spacial score (nSPS) is 24.5. The van der Waals surface area contributed by atoms with Crippen LogP contribution in [-0.4, -0.2) is 29.9 Å². The Bertz CT molecular complexity index is 519. The summed E-state index contributed by atoms with van der Waals surface area (Å²) in [5.41, 5.74) is 2.39. The zero-order valence-corrected chi connectivity index (χ0v) is 14.6. The third-order valence-corrected chi connectivity index (χ3v) is 5.40. The maximum atomic E-state index is 13.0. The van der Waals surface area contributed by atoms with E-state index in [2.05, 4.69) is 48.3 Å². The number of aryl methyl sites for hydroxylation is 1. The highest BCUT2D eigenvalue weighted by Crippen LogP contribution is 2.28. The van der Waals surface area contributed by atoms with Crippen molar-refractivity contribution in [2.24, 2.45) is 5.92 Å². The number of hydrogen-bond acceptors (Lipinski definition) is 2. The molecule has 1 N–H and O–H groups in total. The second-order valence-electron chi connectivity index (χ2n) is 7.55. The molecule has 0 radical (unpaired) electrons. The topological polar surface area (TPSA) is 32.3 Å². The van der Waals surface area contributed by atoms with Crippen LogP contribution in [0.25, 0.3) is 0 Å². The number of carbonyl (C=O) groups is 1. The van der Waals surface area contributed by atoms with Crippen molar-refractivity contribution in [2.75, 3.05) is 13.1 Å². The second-order valence-corrected chi connectivity index (χ2v) is 7.55. The minimum absolute atomic E-state index is 0.126. The van der Waals surface area contributed by atoms with Gasteiger partial charge < -0.3 is 5.32 Å². The summed E-state index contributed by atoms with van der Waals surface area (Å²) < 4.78 is 0. The van der Waals surface area contributed by atoms with E-state index >= 15 is 0 Å². The van der Waals surface area contributed by atoms with Crippen LogP contribution in [0.3, 0.4) is 0 Å². The van der Waals surface area contributed by atoms with Gasteiger partial charge in [-0.2, -0.15) is 0 Å². The van der Waals surface area contributed by atoms with Crippen LogP contribution in [0.4, 0.5) is 0 Å².